The van der Waals surface area contributed by atoms with Gasteiger partial charge in [-0.2, -0.15) is 0 Å². The number of hydrogen-bond acceptors (Lipinski definition) is 4. The monoisotopic (exact) mass is 464 g/mol. The van der Waals surface area contributed by atoms with Crippen molar-refractivity contribution in [3.8, 4) is 11.1 Å². The summed E-state index contributed by atoms with van der Waals surface area (Å²) >= 11 is 0. The number of carbonyl (C=O) groups is 3. The van der Waals surface area contributed by atoms with Gasteiger partial charge in [-0.1, -0.05) is 62.4 Å². The van der Waals surface area contributed by atoms with Gasteiger partial charge in [-0.25, -0.2) is 4.79 Å². The number of nitrogens with one attached hydrogen (secondary N) is 2. The number of ether oxygens (including phenoxy) is 1. The molecular formula is C27H32N2O5. The zero-order valence-corrected chi connectivity index (χ0v) is 19.8. The molecule has 0 bridgehead atoms. The minimum Gasteiger partial charge on any atom is -0.481 e. The van der Waals surface area contributed by atoms with Crippen LogP contribution in [0.4, 0.5) is 4.79 Å². The Labute approximate surface area is 199 Å². The van der Waals surface area contributed by atoms with Gasteiger partial charge in [-0.15, -0.1) is 0 Å². The number of carboxylic acid groups (broad SMARTS) is 1. The highest BCUT2D eigenvalue weighted by atomic mass is 16.5. The second-order valence-corrected chi connectivity index (χ2v) is 9.71. The van der Waals surface area contributed by atoms with Crippen LogP contribution in [0.25, 0.3) is 11.1 Å². The van der Waals surface area contributed by atoms with Gasteiger partial charge in [0.1, 0.15) is 6.61 Å². The van der Waals surface area contributed by atoms with Crippen LogP contribution in [0.1, 0.15) is 44.2 Å². The number of hydrogen-bond donors (Lipinski definition) is 3. The molecule has 0 saturated heterocycles. The van der Waals surface area contributed by atoms with Crippen molar-refractivity contribution < 1.29 is 24.2 Å². The molecule has 7 heteroatoms. The molecule has 0 radical (unpaired) electrons. The van der Waals surface area contributed by atoms with Crippen molar-refractivity contribution >= 4 is 18.0 Å². The summed E-state index contributed by atoms with van der Waals surface area (Å²) in [6.45, 7) is 6.00. The van der Waals surface area contributed by atoms with Crippen LogP contribution in [-0.4, -0.2) is 42.3 Å². The second-order valence-electron chi connectivity index (χ2n) is 9.71. The summed E-state index contributed by atoms with van der Waals surface area (Å²) in [5, 5.41) is 15.0. The Bertz CT molecular complexity index is 1040. The first-order valence-electron chi connectivity index (χ1n) is 11.9. The molecule has 2 unspecified atom stereocenters. The third-order valence-electron chi connectivity index (χ3n) is 7.02. The second kappa shape index (κ2) is 9.87. The maximum atomic E-state index is 12.5. The predicted molar refractivity (Wildman–Crippen MR) is 128 cm³/mol. The van der Waals surface area contributed by atoms with Gasteiger partial charge in [-0.3, -0.25) is 9.59 Å². The number of aliphatic carboxylic acids is 1. The fourth-order valence-electron chi connectivity index (χ4n) is 5.16. The molecule has 2 aliphatic rings. The van der Waals surface area contributed by atoms with E-state index >= 15 is 0 Å². The number of fused-ring (bicyclic) bond motifs is 3. The van der Waals surface area contributed by atoms with E-state index < -0.39 is 24.0 Å². The highest BCUT2D eigenvalue weighted by Crippen LogP contribution is 2.44. The van der Waals surface area contributed by atoms with Crippen molar-refractivity contribution in [2.75, 3.05) is 13.2 Å². The molecule has 4 rings (SSSR count). The molecule has 180 valence electrons. The fourth-order valence-corrected chi connectivity index (χ4v) is 5.16. The van der Waals surface area contributed by atoms with Crippen LogP contribution in [0.15, 0.2) is 48.5 Å². The lowest BCUT2D eigenvalue weighted by Crippen LogP contribution is -2.44. The topological polar surface area (TPSA) is 105 Å². The van der Waals surface area contributed by atoms with Crippen LogP contribution in [0.2, 0.25) is 0 Å². The Kier molecular flexibility index (Phi) is 6.91. The SMILES string of the molecule is CC(C)C(C(=O)O)C(C)NC(=O)[C@@H]1C[C@@H]1CNC(=O)OCC1c2ccccc2-c2ccccc21. The molecule has 2 aromatic rings. The first-order chi connectivity index (χ1) is 16.3. The van der Waals surface area contributed by atoms with Crippen molar-refractivity contribution in [1.29, 1.82) is 0 Å². The van der Waals surface area contributed by atoms with E-state index in [1.54, 1.807) is 6.92 Å². The van der Waals surface area contributed by atoms with Gasteiger partial charge in [0.15, 0.2) is 0 Å². The first-order valence-corrected chi connectivity index (χ1v) is 11.9. The normalized spacial score (nSPS) is 20.1. The average Bonchev–Trinajstić information content (AvgIpc) is 3.51. The van der Waals surface area contributed by atoms with E-state index in [1.165, 1.54) is 11.1 Å². The van der Waals surface area contributed by atoms with Crippen molar-refractivity contribution in [1.82, 2.24) is 10.6 Å². The summed E-state index contributed by atoms with van der Waals surface area (Å²) in [6, 6.07) is 15.9. The molecule has 1 saturated carbocycles. The Morgan fingerprint density at radius 2 is 1.59 bits per heavy atom. The van der Waals surface area contributed by atoms with Crippen LogP contribution in [0.5, 0.6) is 0 Å². The van der Waals surface area contributed by atoms with E-state index in [4.69, 9.17) is 4.74 Å². The van der Waals surface area contributed by atoms with Gasteiger partial charge in [0.25, 0.3) is 0 Å². The summed E-state index contributed by atoms with van der Waals surface area (Å²) in [5.41, 5.74) is 4.67. The summed E-state index contributed by atoms with van der Waals surface area (Å²) in [6.07, 6.45) is 0.175. The Hall–Kier alpha value is -3.35. The van der Waals surface area contributed by atoms with Crippen LogP contribution >= 0.6 is 0 Å². The standard InChI is InChI=1S/C27H32N2O5/c1-15(2)24(26(31)32)16(3)29-25(30)22-12-17(22)13-28-27(33)34-14-23-20-10-6-4-8-18(20)19-9-5-7-11-21(19)23/h4-11,15-17,22-24H,12-14H2,1-3H3,(H,28,33)(H,29,30)(H,31,32)/t16?,17-,22-,24?/m1/s1. The lowest BCUT2D eigenvalue weighted by Gasteiger charge is -2.24. The van der Waals surface area contributed by atoms with E-state index in [2.05, 4.69) is 34.9 Å². The van der Waals surface area contributed by atoms with Crippen LogP contribution in [0.3, 0.4) is 0 Å². The molecular weight excluding hydrogens is 432 g/mol. The van der Waals surface area contributed by atoms with Crippen LogP contribution in [0, 0.1) is 23.7 Å². The molecule has 2 amide bonds. The zero-order valence-electron chi connectivity index (χ0n) is 19.8. The number of rotatable bonds is 9. The maximum Gasteiger partial charge on any atom is 0.407 e. The van der Waals surface area contributed by atoms with E-state index in [1.807, 2.05) is 38.1 Å². The maximum absolute atomic E-state index is 12.5. The molecule has 4 atom stereocenters. The van der Waals surface area contributed by atoms with Crippen molar-refractivity contribution in [2.45, 2.75) is 39.2 Å². The smallest absolute Gasteiger partial charge is 0.407 e. The van der Waals surface area contributed by atoms with Gasteiger partial charge in [0, 0.05) is 24.4 Å². The molecule has 2 aromatic carbocycles. The molecule has 0 aromatic heterocycles. The van der Waals surface area contributed by atoms with E-state index in [0.717, 1.165) is 11.1 Å². The first kappa shape index (κ1) is 23.8. The largest absolute Gasteiger partial charge is 0.481 e. The Morgan fingerprint density at radius 1 is 1.00 bits per heavy atom. The van der Waals surface area contributed by atoms with Gasteiger partial charge in [0.2, 0.25) is 5.91 Å². The van der Waals surface area contributed by atoms with Crippen molar-refractivity contribution in [3.63, 3.8) is 0 Å². The van der Waals surface area contributed by atoms with Gasteiger partial charge < -0.3 is 20.5 Å². The van der Waals surface area contributed by atoms with Crippen LogP contribution in [-0.2, 0) is 14.3 Å². The molecule has 3 N–H and O–H groups in total. The number of carboxylic acids is 1. The Balaban J connectivity index is 1.24. The van der Waals surface area contributed by atoms with Crippen LogP contribution < -0.4 is 10.6 Å². The third kappa shape index (κ3) is 4.93. The summed E-state index contributed by atoms with van der Waals surface area (Å²) in [7, 11) is 0. The summed E-state index contributed by atoms with van der Waals surface area (Å²) in [4.78, 5) is 36.3. The molecule has 0 heterocycles. The fraction of sp³-hybridized carbons (Fsp3) is 0.444. The quantitative estimate of drug-likeness (QED) is 0.520. The molecule has 1 fully saturated rings. The lowest BCUT2D eigenvalue weighted by atomic mass is 9.89. The Morgan fingerprint density at radius 3 is 2.15 bits per heavy atom. The minimum absolute atomic E-state index is 0.00206. The highest BCUT2D eigenvalue weighted by Gasteiger charge is 2.44. The molecule has 2 aliphatic carbocycles. The van der Waals surface area contributed by atoms with Gasteiger partial charge in [0.05, 0.1) is 5.92 Å². The minimum atomic E-state index is -0.910. The van der Waals surface area contributed by atoms with E-state index in [0.29, 0.717) is 13.0 Å². The lowest BCUT2D eigenvalue weighted by molar-refractivity contribution is -0.144. The van der Waals surface area contributed by atoms with Crippen molar-refractivity contribution in [2.24, 2.45) is 23.7 Å². The number of carbonyl (C=O) groups excluding carboxylic acids is 2. The molecule has 0 spiro atoms. The molecule has 34 heavy (non-hydrogen) atoms. The predicted octanol–water partition coefficient (Wildman–Crippen LogP) is 4.02. The highest BCUT2D eigenvalue weighted by molar-refractivity contribution is 5.83. The van der Waals surface area contributed by atoms with E-state index in [-0.39, 0.29) is 36.2 Å². The summed E-state index contributed by atoms with van der Waals surface area (Å²) in [5.74, 6) is -1.96. The summed E-state index contributed by atoms with van der Waals surface area (Å²) < 4.78 is 5.55. The van der Waals surface area contributed by atoms with Crippen molar-refractivity contribution in [3.05, 3.63) is 59.7 Å². The molecule has 7 nitrogen and oxygen atoms in total. The van der Waals surface area contributed by atoms with E-state index in [9.17, 15) is 19.5 Å². The number of benzene rings is 2. The van der Waals surface area contributed by atoms with Gasteiger partial charge in [-0.05, 0) is 47.4 Å². The third-order valence-corrected chi connectivity index (χ3v) is 7.02. The van der Waals surface area contributed by atoms with Gasteiger partial charge >= 0.3 is 12.1 Å². The zero-order chi connectivity index (χ0) is 24.4. The average molecular weight is 465 g/mol. The molecule has 0 aliphatic heterocycles. The number of alkyl carbamates (subject to hydrolysis) is 1. The number of amides is 2.